The van der Waals surface area contributed by atoms with E-state index in [1.165, 1.54) is 62.7 Å². The molecule has 126 valence electrons. The minimum atomic E-state index is -0.954. The molecular weight excluding hydrogens is 289 g/mol. The molecule has 22 heavy (non-hydrogen) atoms. The summed E-state index contributed by atoms with van der Waals surface area (Å²) in [7, 11) is 1.55. The van der Waals surface area contributed by atoms with E-state index >= 15 is 0 Å². The predicted molar refractivity (Wildman–Crippen MR) is 87.5 cm³/mol. The molecule has 0 saturated carbocycles. The van der Waals surface area contributed by atoms with E-state index < -0.39 is 5.97 Å². The van der Waals surface area contributed by atoms with Gasteiger partial charge in [0.05, 0.1) is 0 Å². The molecule has 0 bridgehead atoms. The van der Waals surface area contributed by atoms with Gasteiger partial charge in [-0.15, -0.1) is 0 Å². The summed E-state index contributed by atoms with van der Waals surface area (Å²) in [5.74, 6) is -1.02. The third-order valence-electron chi connectivity index (χ3n) is 3.79. The summed E-state index contributed by atoms with van der Waals surface area (Å²) in [5, 5.41) is 8.60. The van der Waals surface area contributed by atoms with Crippen molar-refractivity contribution in [1.82, 2.24) is 4.90 Å². The first-order valence-electron chi connectivity index (χ1n) is 8.53. The minimum absolute atomic E-state index is 0. The van der Waals surface area contributed by atoms with Gasteiger partial charge in [-0.2, -0.15) is 0 Å². The zero-order valence-corrected chi connectivity index (χ0v) is 16.9. The Morgan fingerprint density at radius 1 is 0.864 bits per heavy atom. The van der Waals surface area contributed by atoms with Crippen LogP contribution in [0.2, 0.25) is 0 Å². The number of nitrogens with zero attached hydrogens (tertiary/aromatic N) is 1. The SMILES string of the molecule is CCCCCCCCCCCCCC(=O)N(C)CC(=O)O.[H-].[Na+]. The molecule has 0 aliphatic heterocycles. The van der Waals surface area contributed by atoms with Crippen LogP contribution < -0.4 is 29.6 Å². The number of unbranched alkanes of at least 4 members (excludes halogenated alkanes) is 10. The van der Waals surface area contributed by atoms with Crippen LogP contribution in [0.1, 0.15) is 85.4 Å². The number of hydrogen-bond acceptors (Lipinski definition) is 2. The minimum Gasteiger partial charge on any atom is -1.00 e. The van der Waals surface area contributed by atoms with Crippen molar-refractivity contribution < 1.29 is 45.7 Å². The van der Waals surface area contributed by atoms with Crippen molar-refractivity contribution in [3.63, 3.8) is 0 Å². The molecule has 1 N–H and O–H groups in total. The van der Waals surface area contributed by atoms with E-state index in [1.54, 1.807) is 7.05 Å². The Balaban J connectivity index is -0.00000200. The Hall–Kier alpha value is -0.0600. The fourth-order valence-electron chi connectivity index (χ4n) is 2.42. The van der Waals surface area contributed by atoms with Crippen LogP contribution in [0.3, 0.4) is 0 Å². The molecule has 4 nitrogen and oxygen atoms in total. The first kappa shape index (κ1) is 24.2. The molecule has 0 atom stereocenters. The van der Waals surface area contributed by atoms with E-state index in [9.17, 15) is 9.59 Å². The van der Waals surface area contributed by atoms with Crippen LogP contribution in [-0.2, 0) is 9.59 Å². The molecule has 0 radical (unpaired) electrons. The molecule has 0 aromatic rings. The Morgan fingerprint density at radius 2 is 1.27 bits per heavy atom. The maximum atomic E-state index is 11.6. The Labute approximate surface area is 159 Å². The standard InChI is InChI=1S/C17H33NO3.Na.H/c1-3-4-5-6-7-8-9-10-11-12-13-14-16(19)18(2)15-17(20)21;;/h3-15H2,1-2H3,(H,20,21);;/q;+1;-1. The van der Waals surface area contributed by atoms with E-state index in [0.717, 1.165) is 12.8 Å². The summed E-state index contributed by atoms with van der Waals surface area (Å²) in [4.78, 5) is 23.4. The Morgan fingerprint density at radius 3 is 1.68 bits per heavy atom. The van der Waals surface area contributed by atoms with Gasteiger partial charge in [0, 0.05) is 13.5 Å². The summed E-state index contributed by atoms with van der Waals surface area (Å²) < 4.78 is 0. The third-order valence-corrected chi connectivity index (χ3v) is 3.79. The molecule has 0 unspecified atom stereocenters. The summed E-state index contributed by atoms with van der Waals surface area (Å²) in [6.07, 6.45) is 14.3. The second-order valence-electron chi connectivity index (χ2n) is 5.93. The van der Waals surface area contributed by atoms with Gasteiger partial charge in [-0.25, -0.2) is 0 Å². The molecule has 5 heteroatoms. The molecule has 0 spiro atoms. The Kier molecular flexibility index (Phi) is 19.0. The van der Waals surface area contributed by atoms with Crippen molar-refractivity contribution in [3.05, 3.63) is 0 Å². The number of aliphatic carboxylic acids is 1. The third kappa shape index (κ3) is 16.3. The molecule has 0 heterocycles. The molecule has 0 fully saturated rings. The zero-order chi connectivity index (χ0) is 15.9. The van der Waals surface area contributed by atoms with Crippen molar-refractivity contribution in [2.75, 3.05) is 13.6 Å². The summed E-state index contributed by atoms with van der Waals surface area (Å²) in [6, 6.07) is 0. The monoisotopic (exact) mass is 323 g/mol. The Bertz CT molecular complexity index is 291. The second-order valence-corrected chi connectivity index (χ2v) is 5.93. The van der Waals surface area contributed by atoms with Crippen molar-refractivity contribution >= 4 is 11.9 Å². The summed E-state index contributed by atoms with van der Waals surface area (Å²) in [6.45, 7) is 2.04. The van der Waals surface area contributed by atoms with E-state index in [1.807, 2.05) is 0 Å². The summed E-state index contributed by atoms with van der Waals surface area (Å²) in [5.41, 5.74) is 0. The number of carboxylic acid groups (broad SMARTS) is 1. The smallest absolute Gasteiger partial charge is 1.00 e. The molecule has 1 amide bonds. The number of likely N-dealkylation sites (N-methyl/N-ethyl adjacent to an activating group) is 1. The zero-order valence-electron chi connectivity index (χ0n) is 15.9. The molecule has 0 aliphatic rings. The van der Waals surface area contributed by atoms with Crippen LogP contribution in [0, 0.1) is 0 Å². The van der Waals surface area contributed by atoms with Crippen molar-refractivity contribution in [1.29, 1.82) is 0 Å². The van der Waals surface area contributed by atoms with Gasteiger partial charge in [-0.3, -0.25) is 9.59 Å². The van der Waals surface area contributed by atoms with Gasteiger partial charge in [0.15, 0.2) is 0 Å². The molecule has 0 saturated heterocycles. The fourth-order valence-corrected chi connectivity index (χ4v) is 2.42. The van der Waals surface area contributed by atoms with Crippen LogP contribution in [-0.4, -0.2) is 35.5 Å². The van der Waals surface area contributed by atoms with Crippen LogP contribution in [0.25, 0.3) is 0 Å². The van der Waals surface area contributed by atoms with E-state index in [4.69, 9.17) is 5.11 Å². The topological polar surface area (TPSA) is 57.6 Å². The van der Waals surface area contributed by atoms with Crippen molar-refractivity contribution in [2.24, 2.45) is 0 Å². The molecule has 0 aromatic heterocycles. The molecular formula is C17H34NNaO3. The largest absolute Gasteiger partial charge is 1.00 e. The maximum Gasteiger partial charge on any atom is 1.00 e. The van der Waals surface area contributed by atoms with Crippen molar-refractivity contribution in [2.45, 2.75) is 84.0 Å². The van der Waals surface area contributed by atoms with Gasteiger partial charge in [-0.1, -0.05) is 71.1 Å². The predicted octanol–water partition coefficient (Wildman–Crippen LogP) is 1.35. The molecule has 0 rings (SSSR count). The van der Waals surface area contributed by atoms with Crippen LogP contribution in [0.4, 0.5) is 0 Å². The van der Waals surface area contributed by atoms with Gasteiger partial charge < -0.3 is 11.4 Å². The number of hydrogen-bond donors (Lipinski definition) is 1. The van der Waals surface area contributed by atoms with Gasteiger partial charge in [0.25, 0.3) is 0 Å². The number of rotatable bonds is 14. The van der Waals surface area contributed by atoms with Gasteiger partial charge in [-0.05, 0) is 6.42 Å². The average Bonchev–Trinajstić information content (AvgIpc) is 2.43. The van der Waals surface area contributed by atoms with Gasteiger partial charge >= 0.3 is 35.5 Å². The normalized spacial score (nSPS) is 10.1. The first-order valence-corrected chi connectivity index (χ1v) is 8.53. The van der Waals surface area contributed by atoms with E-state index in [-0.39, 0.29) is 43.4 Å². The second kappa shape index (κ2) is 17.3. The summed E-state index contributed by atoms with van der Waals surface area (Å²) >= 11 is 0. The average molecular weight is 323 g/mol. The quantitative estimate of drug-likeness (QED) is 0.388. The van der Waals surface area contributed by atoms with Crippen LogP contribution in [0.5, 0.6) is 0 Å². The molecule has 0 aliphatic carbocycles. The van der Waals surface area contributed by atoms with Gasteiger partial charge in [0.1, 0.15) is 6.54 Å². The van der Waals surface area contributed by atoms with Crippen molar-refractivity contribution in [3.8, 4) is 0 Å². The van der Waals surface area contributed by atoms with E-state index in [0.29, 0.717) is 6.42 Å². The molecule has 0 aromatic carbocycles. The van der Waals surface area contributed by atoms with Crippen LogP contribution in [0.15, 0.2) is 0 Å². The first-order chi connectivity index (χ1) is 10.1. The maximum absolute atomic E-state index is 11.6. The number of carbonyl (C=O) groups is 2. The number of amides is 1. The van der Waals surface area contributed by atoms with E-state index in [2.05, 4.69) is 6.92 Å². The van der Waals surface area contributed by atoms with Crippen LogP contribution >= 0.6 is 0 Å². The van der Waals surface area contributed by atoms with Gasteiger partial charge in [0.2, 0.25) is 5.91 Å². The fraction of sp³-hybridized carbons (Fsp3) is 0.882. The number of carboxylic acids is 1. The number of carbonyl (C=O) groups excluding carboxylic acids is 1.